The highest BCUT2D eigenvalue weighted by atomic mass is 16.3. The molecule has 2 nitrogen and oxygen atoms in total. The molecule has 0 unspecified atom stereocenters. The van der Waals surface area contributed by atoms with Crippen LogP contribution in [0.2, 0.25) is 0 Å². The third-order valence-corrected chi connectivity index (χ3v) is 9.33. The Hall–Kier alpha value is -4.56. The van der Waals surface area contributed by atoms with Crippen molar-refractivity contribution in [1.82, 2.24) is 0 Å². The van der Waals surface area contributed by atoms with E-state index >= 15 is 0 Å². The first-order chi connectivity index (χ1) is 19.2. The van der Waals surface area contributed by atoms with Crippen molar-refractivity contribution in [2.75, 3.05) is 0 Å². The summed E-state index contributed by atoms with van der Waals surface area (Å²) in [6.07, 6.45) is 1.54. The minimum atomic E-state index is -0.586. The Labute approximate surface area is 227 Å². The molecule has 6 aromatic rings. The van der Waals surface area contributed by atoms with Crippen LogP contribution in [0.1, 0.15) is 58.1 Å². The van der Waals surface area contributed by atoms with Crippen molar-refractivity contribution in [2.45, 2.75) is 30.1 Å². The highest BCUT2D eigenvalue weighted by Crippen LogP contribution is 2.63. The first-order valence-corrected chi connectivity index (χ1v) is 13.8. The maximum absolute atomic E-state index is 11.7. The third-order valence-electron chi connectivity index (χ3n) is 9.33. The van der Waals surface area contributed by atoms with Crippen LogP contribution in [0.15, 0.2) is 121 Å². The minimum Gasteiger partial charge on any atom is -0.508 e. The summed E-state index contributed by atoms with van der Waals surface area (Å²) in [5, 5.41) is 27.9. The van der Waals surface area contributed by atoms with E-state index in [0.29, 0.717) is 11.5 Å². The SMILES string of the molecule is Oc1ccc2cccc3c2c1C1(C[C@H]3c2ccccc2)C[C@@H](c2ccccc2)c2cccc3ccc(O)c1c23. The van der Waals surface area contributed by atoms with Gasteiger partial charge in [0.25, 0.3) is 0 Å². The van der Waals surface area contributed by atoms with Gasteiger partial charge in [-0.1, -0.05) is 109 Å². The molecule has 0 heterocycles. The zero-order chi connectivity index (χ0) is 26.1. The molecular formula is C37H28O2. The third kappa shape index (κ3) is 3.09. The number of aromatic hydroxyl groups is 2. The number of fused-ring (bicyclic) bond motifs is 2. The van der Waals surface area contributed by atoms with Gasteiger partial charge >= 0.3 is 0 Å². The van der Waals surface area contributed by atoms with E-state index in [4.69, 9.17) is 0 Å². The smallest absolute Gasteiger partial charge is 0.120 e. The van der Waals surface area contributed by atoms with Gasteiger partial charge in [0.15, 0.2) is 0 Å². The molecule has 0 aromatic heterocycles. The summed E-state index contributed by atoms with van der Waals surface area (Å²) >= 11 is 0. The maximum Gasteiger partial charge on any atom is 0.120 e. The Kier molecular flexibility index (Phi) is 4.73. The highest BCUT2D eigenvalue weighted by molar-refractivity contribution is 5.99. The Morgan fingerprint density at radius 1 is 0.462 bits per heavy atom. The van der Waals surface area contributed by atoms with Crippen LogP contribution in [0.4, 0.5) is 0 Å². The average Bonchev–Trinajstić information content (AvgIpc) is 2.99. The van der Waals surface area contributed by atoms with Gasteiger partial charge in [0, 0.05) is 28.4 Å². The monoisotopic (exact) mass is 504 g/mol. The Bertz CT molecular complexity index is 1750. The molecule has 0 bridgehead atoms. The van der Waals surface area contributed by atoms with Crippen molar-refractivity contribution in [3.63, 3.8) is 0 Å². The first kappa shape index (κ1) is 22.4. The second-order valence-electron chi connectivity index (χ2n) is 11.2. The van der Waals surface area contributed by atoms with Crippen LogP contribution in [-0.4, -0.2) is 10.2 Å². The summed E-state index contributed by atoms with van der Waals surface area (Å²) in [6.45, 7) is 0. The van der Waals surface area contributed by atoms with Crippen LogP contribution >= 0.6 is 0 Å². The molecule has 39 heavy (non-hydrogen) atoms. The normalized spacial score (nSPS) is 19.0. The molecule has 0 aliphatic heterocycles. The Balaban J connectivity index is 1.55. The summed E-state index contributed by atoms with van der Waals surface area (Å²) in [5.74, 6) is 0.870. The largest absolute Gasteiger partial charge is 0.508 e. The molecular weight excluding hydrogens is 476 g/mol. The number of rotatable bonds is 2. The highest BCUT2D eigenvalue weighted by Gasteiger charge is 2.50. The van der Waals surface area contributed by atoms with Gasteiger partial charge in [0.2, 0.25) is 0 Å². The number of phenolic OH excluding ortho intramolecular Hbond substituents is 2. The standard InChI is InChI=1S/C37H28O2/c38-31-19-17-25-13-7-15-27-29(23-9-3-1-4-10-23)21-37(35(31)33(25)27)22-30(24-11-5-2-6-12-24)28-16-8-14-26-18-20-32(39)36(37)34(26)28/h1-20,29-30,38-39H,21-22H2/t29-,30-,37?/m0/s1. The van der Waals surface area contributed by atoms with Crippen molar-refractivity contribution in [3.8, 4) is 11.5 Å². The molecule has 188 valence electrons. The summed E-state index contributed by atoms with van der Waals surface area (Å²) in [6, 6.07) is 42.2. The second-order valence-corrected chi connectivity index (χ2v) is 11.2. The van der Waals surface area contributed by atoms with Gasteiger partial charge in [0.1, 0.15) is 11.5 Å². The molecule has 0 radical (unpaired) electrons. The van der Waals surface area contributed by atoms with Crippen LogP contribution in [0.3, 0.4) is 0 Å². The van der Waals surface area contributed by atoms with Crippen molar-refractivity contribution >= 4 is 21.5 Å². The van der Waals surface area contributed by atoms with E-state index in [1.54, 1.807) is 0 Å². The molecule has 2 aliphatic rings. The molecule has 2 aliphatic carbocycles. The van der Waals surface area contributed by atoms with Gasteiger partial charge in [0.05, 0.1) is 0 Å². The van der Waals surface area contributed by atoms with Crippen molar-refractivity contribution in [2.24, 2.45) is 0 Å². The van der Waals surface area contributed by atoms with Crippen molar-refractivity contribution < 1.29 is 10.2 Å². The molecule has 2 atom stereocenters. The van der Waals surface area contributed by atoms with Crippen LogP contribution < -0.4 is 0 Å². The van der Waals surface area contributed by atoms with Crippen LogP contribution in [-0.2, 0) is 5.41 Å². The lowest BCUT2D eigenvalue weighted by Crippen LogP contribution is -2.38. The van der Waals surface area contributed by atoms with Gasteiger partial charge in [-0.25, -0.2) is 0 Å². The van der Waals surface area contributed by atoms with Gasteiger partial charge in [-0.05, 0) is 68.8 Å². The van der Waals surface area contributed by atoms with E-state index in [0.717, 1.165) is 45.5 Å². The number of hydrogen-bond donors (Lipinski definition) is 2. The number of benzene rings is 6. The summed E-state index contributed by atoms with van der Waals surface area (Å²) in [7, 11) is 0. The quantitative estimate of drug-likeness (QED) is 0.247. The molecule has 6 aromatic carbocycles. The summed E-state index contributed by atoms with van der Waals surface area (Å²) in [4.78, 5) is 0. The van der Waals surface area contributed by atoms with Gasteiger partial charge in [-0.15, -0.1) is 0 Å². The van der Waals surface area contributed by atoms with E-state index < -0.39 is 5.41 Å². The van der Waals surface area contributed by atoms with E-state index in [2.05, 4.69) is 97.1 Å². The van der Waals surface area contributed by atoms with Gasteiger partial charge in [-0.2, -0.15) is 0 Å². The van der Waals surface area contributed by atoms with E-state index in [1.165, 1.54) is 22.3 Å². The zero-order valence-electron chi connectivity index (χ0n) is 21.5. The molecule has 8 rings (SSSR count). The van der Waals surface area contributed by atoms with Gasteiger partial charge in [-0.3, -0.25) is 0 Å². The lowest BCUT2D eigenvalue weighted by atomic mass is 9.54. The van der Waals surface area contributed by atoms with E-state index in [9.17, 15) is 10.2 Å². The molecule has 2 heteroatoms. The molecule has 0 saturated heterocycles. The predicted molar refractivity (Wildman–Crippen MR) is 158 cm³/mol. The fourth-order valence-corrected chi connectivity index (χ4v) is 7.84. The molecule has 1 spiro atoms. The molecule has 0 fully saturated rings. The zero-order valence-corrected chi connectivity index (χ0v) is 21.5. The summed E-state index contributed by atoms with van der Waals surface area (Å²) < 4.78 is 0. The minimum absolute atomic E-state index is 0.126. The average molecular weight is 505 g/mol. The maximum atomic E-state index is 11.7. The topological polar surface area (TPSA) is 40.5 Å². The predicted octanol–water partition coefficient (Wildman–Crippen LogP) is 8.76. The second kappa shape index (κ2) is 8.22. The number of hydrogen-bond acceptors (Lipinski definition) is 2. The van der Waals surface area contributed by atoms with Crippen LogP contribution in [0.5, 0.6) is 11.5 Å². The van der Waals surface area contributed by atoms with Crippen LogP contribution in [0, 0.1) is 0 Å². The van der Waals surface area contributed by atoms with Gasteiger partial charge < -0.3 is 10.2 Å². The lowest BCUT2D eigenvalue weighted by molar-refractivity contribution is 0.349. The van der Waals surface area contributed by atoms with Crippen LogP contribution in [0.25, 0.3) is 21.5 Å². The van der Waals surface area contributed by atoms with Crippen molar-refractivity contribution in [3.05, 3.63) is 155 Å². The fraction of sp³-hybridized carbons (Fsp3) is 0.135. The van der Waals surface area contributed by atoms with Crippen molar-refractivity contribution in [1.29, 1.82) is 0 Å². The Morgan fingerprint density at radius 2 is 0.897 bits per heavy atom. The molecule has 0 amide bonds. The summed E-state index contributed by atoms with van der Waals surface area (Å²) in [5.41, 5.74) is 6.35. The molecule has 0 saturated carbocycles. The van der Waals surface area contributed by atoms with E-state index in [1.807, 2.05) is 24.3 Å². The first-order valence-electron chi connectivity index (χ1n) is 13.8. The Morgan fingerprint density at radius 3 is 1.33 bits per heavy atom. The fourth-order valence-electron chi connectivity index (χ4n) is 7.84. The number of phenols is 2. The molecule has 2 N–H and O–H groups in total. The lowest BCUT2D eigenvalue weighted by Gasteiger charge is -2.48. The van der Waals surface area contributed by atoms with E-state index in [-0.39, 0.29) is 11.8 Å².